The number of aliphatic hydroxyl groups is 1. The lowest BCUT2D eigenvalue weighted by Gasteiger charge is -1.99. The molecule has 12 heavy (non-hydrogen) atoms. The Morgan fingerprint density at radius 2 is 2.33 bits per heavy atom. The van der Waals surface area contributed by atoms with Crippen molar-refractivity contribution in [1.29, 1.82) is 0 Å². The summed E-state index contributed by atoms with van der Waals surface area (Å²) in [5, 5.41) is 9.06. The third-order valence-electron chi connectivity index (χ3n) is 1.92. The molecule has 68 valence electrons. The third kappa shape index (κ3) is 2.66. The van der Waals surface area contributed by atoms with Crippen molar-refractivity contribution in [3.8, 4) is 0 Å². The van der Waals surface area contributed by atoms with Gasteiger partial charge in [0.1, 0.15) is 12.4 Å². The van der Waals surface area contributed by atoms with E-state index in [0.29, 0.717) is 0 Å². The second-order valence-electron chi connectivity index (χ2n) is 3.12. The second kappa shape index (κ2) is 4.26. The van der Waals surface area contributed by atoms with Crippen LogP contribution in [0, 0.1) is 0 Å². The lowest BCUT2D eigenvalue weighted by atomic mass is 10.3. The van der Waals surface area contributed by atoms with Crippen LogP contribution in [0.25, 0.3) is 0 Å². The zero-order valence-corrected chi connectivity index (χ0v) is 7.77. The zero-order valence-electron chi connectivity index (χ0n) is 7.77. The first-order chi connectivity index (χ1) is 5.72. The maximum Gasteiger partial charge on any atom is 0.243 e. The number of hydrogen-bond acceptors (Lipinski definition) is 1. The standard InChI is InChI=1S/C9H17N2O/c1-3-10-6-7-11(8-10)5-4-9(2)12/h6-9,12H,3-5H2,1-2H3/q+1. The summed E-state index contributed by atoms with van der Waals surface area (Å²) in [6.07, 6.45) is 6.75. The van der Waals surface area contributed by atoms with Crippen LogP contribution in [0.2, 0.25) is 0 Å². The van der Waals surface area contributed by atoms with Gasteiger partial charge in [0.2, 0.25) is 6.33 Å². The summed E-state index contributed by atoms with van der Waals surface area (Å²) in [7, 11) is 0. The average molecular weight is 169 g/mol. The Morgan fingerprint density at radius 1 is 1.58 bits per heavy atom. The van der Waals surface area contributed by atoms with Crippen molar-refractivity contribution in [2.45, 2.75) is 39.5 Å². The van der Waals surface area contributed by atoms with Crippen molar-refractivity contribution in [1.82, 2.24) is 4.57 Å². The molecule has 0 amide bonds. The van der Waals surface area contributed by atoms with Crippen LogP contribution in [0.5, 0.6) is 0 Å². The molecule has 0 aliphatic rings. The summed E-state index contributed by atoms with van der Waals surface area (Å²) >= 11 is 0. The minimum Gasteiger partial charge on any atom is -0.393 e. The van der Waals surface area contributed by atoms with Crippen LogP contribution in [-0.4, -0.2) is 15.8 Å². The molecule has 0 aliphatic carbocycles. The highest BCUT2D eigenvalue weighted by Gasteiger charge is 2.02. The van der Waals surface area contributed by atoms with Gasteiger partial charge < -0.3 is 5.11 Å². The first-order valence-electron chi connectivity index (χ1n) is 4.45. The number of aliphatic hydroxyl groups excluding tert-OH is 1. The van der Waals surface area contributed by atoms with Crippen LogP contribution in [0.15, 0.2) is 18.7 Å². The molecule has 3 nitrogen and oxygen atoms in total. The molecular weight excluding hydrogens is 152 g/mol. The molecule has 1 rings (SSSR count). The molecule has 3 heteroatoms. The van der Waals surface area contributed by atoms with Gasteiger partial charge in [-0.15, -0.1) is 0 Å². The van der Waals surface area contributed by atoms with E-state index in [2.05, 4.69) is 22.4 Å². The quantitative estimate of drug-likeness (QED) is 0.656. The van der Waals surface area contributed by atoms with Crippen molar-refractivity contribution < 1.29 is 9.67 Å². The number of hydrogen-bond donors (Lipinski definition) is 1. The van der Waals surface area contributed by atoms with Crippen LogP contribution in [0.1, 0.15) is 20.3 Å². The molecule has 0 saturated carbocycles. The fraction of sp³-hybridized carbons (Fsp3) is 0.667. The number of nitrogens with zero attached hydrogens (tertiary/aromatic N) is 2. The summed E-state index contributed by atoms with van der Waals surface area (Å²) in [6, 6.07) is 0. The van der Waals surface area contributed by atoms with E-state index in [1.165, 1.54) is 0 Å². The second-order valence-corrected chi connectivity index (χ2v) is 3.12. The fourth-order valence-corrected chi connectivity index (χ4v) is 1.09. The number of aryl methyl sites for hydroxylation is 2. The minimum absolute atomic E-state index is 0.206. The fourth-order valence-electron chi connectivity index (χ4n) is 1.09. The Labute approximate surface area is 73.3 Å². The third-order valence-corrected chi connectivity index (χ3v) is 1.92. The summed E-state index contributed by atoms with van der Waals surface area (Å²) < 4.78 is 4.21. The number of imidazole rings is 1. The number of rotatable bonds is 4. The van der Waals surface area contributed by atoms with E-state index in [-0.39, 0.29) is 6.10 Å². The van der Waals surface area contributed by atoms with Gasteiger partial charge in [0, 0.05) is 6.42 Å². The molecule has 1 aromatic heterocycles. The van der Waals surface area contributed by atoms with Crippen molar-refractivity contribution in [3.63, 3.8) is 0 Å². The van der Waals surface area contributed by atoms with E-state index >= 15 is 0 Å². The van der Waals surface area contributed by atoms with E-state index in [4.69, 9.17) is 5.11 Å². The van der Waals surface area contributed by atoms with E-state index in [0.717, 1.165) is 19.5 Å². The normalized spacial score (nSPS) is 13.2. The summed E-state index contributed by atoms with van der Waals surface area (Å²) in [5.41, 5.74) is 0. The molecule has 0 aliphatic heterocycles. The van der Waals surface area contributed by atoms with Gasteiger partial charge in [-0.1, -0.05) is 0 Å². The predicted molar refractivity (Wildman–Crippen MR) is 46.6 cm³/mol. The Hall–Kier alpha value is -0.830. The van der Waals surface area contributed by atoms with Crippen molar-refractivity contribution in [3.05, 3.63) is 18.7 Å². The molecule has 1 atom stereocenters. The Kier molecular flexibility index (Phi) is 3.29. The molecule has 0 spiro atoms. The van der Waals surface area contributed by atoms with Gasteiger partial charge in [-0.2, -0.15) is 0 Å². The van der Waals surface area contributed by atoms with Gasteiger partial charge in [0.15, 0.2) is 0 Å². The monoisotopic (exact) mass is 169 g/mol. The minimum atomic E-state index is -0.206. The first-order valence-corrected chi connectivity index (χ1v) is 4.45. The SMILES string of the molecule is CCn1cc[n+](CCC(C)O)c1. The molecule has 1 aromatic rings. The average Bonchev–Trinajstić information content (AvgIpc) is 2.48. The van der Waals surface area contributed by atoms with Gasteiger partial charge in [0.05, 0.1) is 19.2 Å². The van der Waals surface area contributed by atoms with E-state index in [9.17, 15) is 0 Å². The van der Waals surface area contributed by atoms with E-state index in [1.54, 1.807) is 0 Å². The smallest absolute Gasteiger partial charge is 0.243 e. The lowest BCUT2D eigenvalue weighted by Crippen LogP contribution is -2.32. The summed E-state index contributed by atoms with van der Waals surface area (Å²) in [4.78, 5) is 0. The highest BCUT2D eigenvalue weighted by atomic mass is 16.3. The van der Waals surface area contributed by atoms with Gasteiger partial charge in [-0.05, 0) is 13.8 Å². The zero-order chi connectivity index (χ0) is 8.97. The van der Waals surface area contributed by atoms with Crippen LogP contribution < -0.4 is 4.57 Å². The topological polar surface area (TPSA) is 29.0 Å². The van der Waals surface area contributed by atoms with Crippen LogP contribution in [0.3, 0.4) is 0 Å². The molecule has 0 bridgehead atoms. The van der Waals surface area contributed by atoms with Gasteiger partial charge in [0.25, 0.3) is 0 Å². The van der Waals surface area contributed by atoms with Gasteiger partial charge in [-0.25, -0.2) is 9.13 Å². The summed E-state index contributed by atoms with van der Waals surface area (Å²) in [5.74, 6) is 0. The maximum atomic E-state index is 9.06. The molecule has 1 heterocycles. The lowest BCUT2D eigenvalue weighted by molar-refractivity contribution is -0.697. The summed E-state index contributed by atoms with van der Waals surface area (Å²) in [6.45, 7) is 5.82. The molecular formula is C9H17N2O+. The first kappa shape index (κ1) is 9.26. The van der Waals surface area contributed by atoms with Crippen molar-refractivity contribution in [2.24, 2.45) is 0 Å². The van der Waals surface area contributed by atoms with Crippen molar-refractivity contribution in [2.75, 3.05) is 0 Å². The largest absolute Gasteiger partial charge is 0.393 e. The molecule has 1 unspecified atom stereocenters. The predicted octanol–water partition coefficient (Wildman–Crippen LogP) is 0.566. The highest BCUT2D eigenvalue weighted by molar-refractivity contribution is 4.64. The van der Waals surface area contributed by atoms with Crippen LogP contribution >= 0.6 is 0 Å². The van der Waals surface area contributed by atoms with Gasteiger partial charge in [-0.3, -0.25) is 0 Å². The van der Waals surface area contributed by atoms with E-state index < -0.39 is 0 Å². The molecule has 0 radical (unpaired) electrons. The molecule has 0 fully saturated rings. The van der Waals surface area contributed by atoms with Crippen molar-refractivity contribution >= 4 is 0 Å². The molecule has 0 aromatic carbocycles. The maximum absolute atomic E-state index is 9.06. The van der Waals surface area contributed by atoms with Crippen LogP contribution in [0.4, 0.5) is 0 Å². The Morgan fingerprint density at radius 3 is 2.83 bits per heavy atom. The molecule has 1 N–H and O–H groups in total. The molecule has 0 saturated heterocycles. The van der Waals surface area contributed by atoms with E-state index in [1.807, 2.05) is 19.3 Å². The Balaban J connectivity index is 2.41. The van der Waals surface area contributed by atoms with Crippen LogP contribution in [-0.2, 0) is 13.1 Å². The van der Waals surface area contributed by atoms with Gasteiger partial charge >= 0.3 is 0 Å². The highest BCUT2D eigenvalue weighted by Crippen LogP contribution is 1.89. The Bertz CT molecular complexity index is 230. The number of aromatic nitrogens is 2.